The smallest absolute Gasteiger partial charge is 0.243 e. The van der Waals surface area contributed by atoms with Gasteiger partial charge in [0, 0.05) is 13.1 Å². The largest absolute Gasteiger partial charge is 0.497 e. The predicted octanol–water partition coefficient (Wildman–Crippen LogP) is 0.841. The Balaban J connectivity index is 2.23. The minimum absolute atomic E-state index is 0.175. The normalized spacial score (nSPS) is 21.8. The van der Waals surface area contributed by atoms with Crippen molar-refractivity contribution in [2.24, 2.45) is 0 Å². The summed E-state index contributed by atoms with van der Waals surface area (Å²) >= 11 is 0. The van der Waals surface area contributed by atoms with Crippen LogP contribution in [0.1, 0.15) is 12.8 Å². The lowest BCUT2D eigenvalue weighted by Crippen LogP contribution is -2.42. The van der Waals surface area contributed by atoms with Crippen LogP contribution < -0.4 is 4.74 Å². The Kier molecular flexibility index (Phi) is 3.89. The Morgan fingerprint density at radius 3 is 2.56 bits per heavy atom. The zero-order valence-corrected chi connectivity index (χ0v) is 11.1. The SMILES string of the molecule is COc1ccc(S(=O)(=O)N2CCC[C@H](O)C2)cc1. The van der Waals surface area contributed by atoms with Crippen molar-refractivity contribution in [3.63, 3.8) is 0 Å². The summed E-state index contributed by atoms with van der Waals surface area (Å²) in [4.78, 5) is 0.234. The summed E-state index contributed by atoms with van der Waals surface area (Å²) in [5, 5.41) is 9.55. The molecule has 1 saturated heterocycles. The molecule has 0 unspecified atom stereocenters. The fraction of sp³-hybridized carbons (Fsp3) is 0.500. The molecule has 100 valence electrons. The number of benzene rings is 1. The standard InChI is InChI=1S/C12H17NO4S/c1-17-11-4-6-12(7-5-11)18(15,16)13-8-2-3-10(14)9-13/h4-7,10,14H,2-3,8-9H2,1H3/t10-/m0/s1. The van der Waals surface area contributed by atoms with Gasteiger partial charge in [-0.05, 0) is 37.1 Å². The van der Waals surface area contributed by atoms with E-state index in [4.69, 9.17) is 4.74 Å². The van der Waals surface area contributed by atoms with Crippen molar-refractivity contribution in [2.45, 2.75) is 23.8 Å². The molecule has 1 heterocycles. The molecule has 0 bridgehead atoms. The number of β-amino-alcohol motifs (C(OH)–C–C–N with tert-alkyl or cyclic N) is 1. The highest BCUT2D eigenvalue weighted by molar-refractivity contribution is 7.89. The molecule has 1 aliphatic heterocycles. The van der Waals surface area contributed by atoms with Crippen LogP contribution in [0, 0.1) is 0 Å². The summed E-state index contributed by atoms with van der Waals surface area (Å²) in [7, 11) is -1.97. The van der Waals surface area contributed by atoms with Gasteiger partial charge in [-0.15, -0.1) is 0 Å². The first-order chi connectivity index (χ1) is 8.54. The molecule has 1 aromatic carbocycles. The fourth-order valence-electron chi connectivity index (χ4n) is 2.04. The zero-order valence-electron chi connectivity index (χ0n) is 10.2. The molecule has 6 heteroatoms. The monoisotopic (exact) mass is 271 g/mol. The number of hydrogen-bond donors (Lipinski definition) is 1. The summed E-state index contributed by atoms with van der Waals surface area (Å²) in [5.74, 6) is 0.618. The lowest BCUT2D eigenvalue weighted by Gasteiger charge is -2.29. The van der Waals surface area contributed by atoms with Gasteiger partial charge >= 0.3 is 0 Å². The number of hydrogen-bond acceptors (Lipinski definition) is 4. The molecule has 1 fully saturated rings. The molecular formula is C12H17NO4S. The Labute approximate surface area is 107 Å². The summed E-state index contributed by atoms with van der Waals surface area (Å²) in [6.45, 7) is 0.639. The van der Waals surface area contributed by atoms with Crippen LogP contribution in [-0.2, 0) is 10.0 Å². The van der Waals surface area contributed by atoms with Crippen molar-refractivity contribution in [1.82, 2.24) is 4.31 Å². The van der Waals surface area contributed by atoms with E-state index in [1.165, 1.54) is 23.5 Å². The second-order valence-electron chi connectivity index (χ2n) is 4.33. The molecule has 1 aromatic rings. The number of piperidine rings is 1. The van der Waals surface area contributed by atoms with Gasteiger partial charge in [-0.3, -0.25) is 0 Å². The van der Waals surface area contributed by atoms with Gasteiger partial charge in [-0.2, -0.15) is 4.31 Å². The number of methoxy groups -OCH3 is 1. The molecule has 0 aromatic heterocycles. The molecule has 0 spiro atoms. The van der Waals surface area contributed by atoms with Gasteiger partial charge in [-0.1, -0.05) is 0 Å². The van der Waals surface area contributed by atoms with E-state index in [1.807, 2.05) is 0 Å². The van der Waals surface area contributed by atoms with Crippen molar-refractivity contribution >= 4 is 10.0 Å². The number of sulfonamides is 1. The third-order valence-electron chi connectivity index (χ3n) is 3.06. The van der Waals surface area contributed by atoms with E-state index in [-0.39, 0.29) is 11.4 Å². The number of nitrogens with zero attached hydrogens (tertiary/aromatic N) is 1. The Bertz CT molecular complexity index is 497. The van der Waals surface area contributed by atoms with E-state index in [0.29, 0.717) is 25.1 Å². The molecule has 1 N–H and O–H groups in total. The minimum atomic E-state index is -3.50. The van der Waals surface area contributed by atoms with Gasteiger partial charge < -0.3 is 9.84 Å². The highest BCUT2D eigenvalue weighted by atomic mass is 32.2. The maximum atomic E-state index is 12.3. The average molecular weight is 271 g/mol. The van der Waals surface area contributed by atoms with Crippen LogP contribution in [-0.4, -0.2) is 44.1 Å². The van der Waals surface area contributed by atoms with Crippen LogP contribution in [0.2, 0.25) is 0 Å². The molecule has 0 amide bonds. The molecule has 18 heavy (non-hydrogen) atoms. The number of ether oxygens (including phenoxy) is 1. The predicted molar refractivity (Wildman–Crippen MR) is 67.0 cm³/mol. The van der Waals surface area contributed by atoms with Crippen LogP contribution >= 0.6 is 0 Å². The second-order valence-corrected chi connectivity index (χ2v) is 6.27. The highest BCUT2D eigenvalue weighted by Gasteiger charge is 2.29. The lowest BCUT2D eigenvalue weighted by atomic mass is 10.1. The fourth-order valence-corrected chi connectivity index (χ4v) is 3.55. The Morgan fingerprint density at radius 2 is 2.00 bits per heavy atom. The molecule has 1 atom stereocenters. The minimum Gasteiger partial charge on any atom is -0.497 e. The highest BCUT2D eigenvalue weighted by Crippen LogP contribution is 2.22. The summed E-state index contributed by atoms with van der Waals surface area (Å²) in [6.07, 6.45) is 0.789. The third-order valence-corrected chi connectivity index (χ3v) is 4.94. The first-order valence-electron chi connectivity index (χ1n) is 5.86. The van der Waals surface area contributed by atoms with E-state index >= 15 is 0 Å². The van der Waals surface area contributed by atoms with Gasteiger partial charge in [-0.25, -0.2) is 8.42 Å². The maximum absolute atomic E-state index is 12.3. The van der Waals surface area contributed by atoms with Crippen molar-refractivity contribution in [3.05, 3.63) is 24.3 Å². The first kappa shape index (κ1) is 13.3. The van der Waals surface area contributed by atoms with Gasteiger partial charge in [0.1, 0.15) is 5.75 Å². The first-order valence-corrected chi connectivity index (χ1v) is 7.30. The molecular weight excluding hydrogens is 254 g/mol. The van der Waals surface area contributed by atoms with Crippen molar-refractivity contribution in [1.29, 1.82) is 0 Å². The van der Waals surface area contributed by atoms with E-state index in [0.717, 1.165) is 0 Å². The summed E-state index contributed by atoms with van der Waals surface area (Å²) in [6, 6.07) is 6.28. The van der Waals surface area contributed by atoms with Gasteiger partial charge in [0.25, 0.3) is 0 Å². The second kappa shape index (κ2) is 5.26. The summed E-state index contributed by atoms with van der Waals surface area (Å²) < 4.78 is 30.9. The number of aliphatic hydroxyl groups is 1. The van der Waals surface area contributed by atoms with Crippen LogP contribution in [0.3, 0.4) is 0 Å². The van der Waals surface area contributed by atoms with Gasteiger partial charge in [0.05, 0.1) is 18.1 Å². The number of aliphatic hydroxyl groups excluding tert-OH is 1. The quantitative estimate of drug-likeness (QED) is 0.884. The molecule has 5 nitrogen and oxygen atoms in total. The average Bonchev–Trinajstić information content (AvgIpc) is 2.39. The number of rotatable bonds is 3. The lowest BCUT2D eigenvalue weighted by molar-refractivity contribution is 0.108. The van der Waals surface area contributed by atoms with Gasteiger partial charge in [0.2, 0.25) is 10.0 Å². The van der Waals surface area contributed by atoms with E-state index in [2.05, 4.69) is 0 Å². The van der Waals surface area contributed by atoms with Crippen LogP contribution in [0.25, 0.3) is 0 Å². The van der Waals surface area contributed by atoms with Crippen molar-refractivity contribution < 1.29 is 18.3 Å². The Hall–Kier alpha value is -1.11. The van der Waals surface area contributed by atoms with E-state index < -0.39 is 16.1 Å². The molecule has 1 aliphatic rings. The molecule has 2 rings (SSSR count). The van der Waals surface area contributed by atoms with Crippen LogP contribution in [0.15, 0.2) is 29.2 Å². The van der Waals surface area contributed by atoms with Crippen molar-refractivity contribution in [3.8, 4) is 5.75 Å². The van der Waals surface area contributed by atoms with Crippen molar-refractivity contribution in [2.75, 3.05) is 20.2 Å². The van der Waals surface area contributed by atoms with E-state index in [9.17, 15) is 13.5 Å². The van der Waals surface area contributed by atoms with E-state index in [1.54, 1.807) is 12.1 Å². The Morgan fingerprint density at radius 1 is 1.33 bits per heavy atom. The molecule has 0 radical (unpaired) electrons. The summed E-state index contributed by atoms with van der Waals surface area (Å²) in [5.41, 5.74) is 0. The molecule has 0 saturated carbocycles. The zero-order chi connectivity index (χ0) is 13.2. The van der Waals surface area contributed by atoms with Crippen LogP contribution in [0.5, 0.6) is 5.75 Å². The van der Waals surface area contributed by atoms with Crippen LogP contribution in [0.4, 0.5) is 0 Å². The van der Waals surface area contributed by atoms with Gasteiger partial charge in [0.15, 0.2) is 0 Å². The maximum Gasteiger partial charge on any atom is 0.243 e. The topological polar surface area (TPSA) is 66.8 Å². The third kappa shape index (κ3) is 2.66. The molecule has 0 aliphatic carbocycles.